The maximum Gasteiger partial charge on any atom is 0.408 e. The number of nitrogens with one attached hydrogen (secondary N) is 3. The van der Waals surface area contributed by atoms with Crippen molar-refractivity contribution in [3.63, 3.8) is 0 Å². The van der Waals surface area contributed by atoms with E-state index in [1.54, 1.807) is 32.9 Å². The lowest BCUT2D eigenvalue weighted by Crippen LogP contribution is -2.63. The number of anilines is 1. The zero-order chi connectivity index (χ0) is 24.3. The van der Waals surface area contributed by atoms with Crippen molar-refractivity contribution in [2.24, 2.45) is 0 Å². The average molecular weight is 485 g/mol. The Kier molecular flexibility index (Phi) is 6.65. The number of alkyl carbamates (subject to hydrolysis) is 1. The summed E-state index contributed by atoms with van der Waals surface area (Å²) in [6.45, 7) is 6.76. The number of piperidine rings is 1. The number of halogens is 1. The fourth-order valence-corrected chi connectivity index (χ4v) is 4.20. The standard InChI is InChI=1S/C24H29ClN6O3/c1-23(2,3)34-22(33)30-24(21(32)27-14-16-4-6-17(25)7-5-16)9-12-31(13-10-24)20-18-8-11-26-19(18)28-15-29-20/h4-8,11,15H,9-10,12-14H2,1-3H3,(H,27,32)(H,30,33)(H,26,28,29). The molecule has 0 radical (unpaired) electrons. The van der Waals surface area contributed by atoms with Gasteiger partial charge in [0.1, 0.15) is 28.9 Å². The first kappa shape index (κ1) is 23.8. The Hall–Kier alpha value is -3.33. The summed E-state index contributed by atoms with van der Waals surface area (Å²) in [5.74, 6) is 0.557. The molecule has 0 aliphatic carbocycles. The van der Waals surface area contributed by atoms with Gasteiger partial charge >= 0.3 is 6.09 Å². The number of aromatic amines is 1. The lowest BCUT2D eigenvalue weighted by Gasteiger charge is -2.41. The van der Waals surface area contributed by atoms with Gasteiger partial charge in [0.05, 0.1) is 5.39 Å². The predicted molar refractivity (Wildman–Crippen MR) is 131 cm³/mol. The smallest absolute Gasteiger partial charge is 0.408 e. The fourth-order valence-electron chi connectivity index (χ4n) is 4.07. The monoisotopic (exact) mass is 484 g/mol. The van der Waals surface area contributed by atoms with Gasteiger partial charge in [0.15, 0.2) is 0 Å². The predicted octanol–water partition coefficient (Wildman–Crippen LogP) is 3.79. The Morgan fingerprint density at radius 2 is 1.85 bits per heavy atom. The molecule has 1 fully saturated rings. The Balaban J connectivity index is 1.51. The van der Waals surface area contributed by atoms with Gasteiger partial charge in [-0.2, -0.15) is 0 Å². The number of H-pyrrole nitrogens is 1. The van der Waals surface area contributed by atoms with Crippen LogP contribution in [0.4, 0.5) is 10.6 Å². The molecule has 10 heteroatoms. The number of carbonyl (C=O) groups is 2. The molecule has 2 amide bonds. The maximum absolute atomic E-state index is 13.4. The molecule has 0 unspecified atom stereocenters. The van der Waals surface area contributed by atoms with Crippen molar-refractivity contribution in [3.8, 4) is 0 Å². The van der Waals surface area contributed by atoms with Crippen molar-refractivity contribution in [1.29, 1.82) is 0 Å². The number of fused-ring (bicyclic) bond motifs is 1. The number of amides is 2. The van der Waals surface area contributed by atoms with Crippen LogP contribution in [0.1, 0.15) is 39.2 Å². The van der Waals surface area contributed by atoms with Crippen LogP contribution < -0.4 is 15.5 Å². The van der Waals surface area contributed by atoms with Crippen LogP contribution in [0.15, 0.2) is 42.9 Å². The number of aromatic nitrogens is 3. The first-order valence-corrected chi connectivity index (χ1v) is 11.6. The molecule has 0 atom stereocenters. The topological polar surface area (TPSA) is 112 Å². The Bertz CT molecular complexity index is 1160. The molecule has 0 saturated carbocycles. The minimum absolute atomic E-state index is 0.248. The number of carbonyl (C=O) groups excluding carboxylic acids is 2. The van der Waals surface area contributed by atoms with Crippen molar-refractivity contribution in [2.45, 2.75) is 51.3 Å². The molecule has 1 saturated heterocycles. The molecule has 4 rings (SSSR count). The molecule has 3 aromatic rings. The molecular weight excluding hydrogens is 456 g/mol. The van der Waals surface area contributed by atoms with Crippen LogP contribution in [-0.4, -0.2) is 51.2 Å². The molecule has 3 heterocycles. The van der Waals surface area contributed by atoms with Gasteiger partial charge in [0.2, 0.25) is 5.91 Å². The quantitative estimate of drug-likeness (QED) is 0.508. The van der Waals surface area contributed by atoms with Crippen molar-refractivity contribution in [2.75, 3.05) is 18.0 Å². The van der Waals surface area contributed by atoms with Crippen LogP contribution in [0.2, 0.25) is 5.02 Å². The number of benzene rings is 1. The Morgan fingerprint density at radius 1 is 1.15 bits per heavy atom. The Labute approximate surface area is 203 Å². The van der Waals surface area contributed by atoms with Crippen molar-refractivity contribution >= 4 is 40.5 Å². The van der Waals surface area contributed by atoms with E-state index in [0.717, 1.165) is 22.4 Å². The lowest BCUT2D eigenvalue weighted by atomic mass is 9.86. The molecule has 3 N–H and O–H groups in total. The van der Waals surface area contributed by atoms with Gasteiger partial charge in [-0.1, -0.05) is 23.7 Å². The highest BCUT2D eigenvalue weighted by molar-refractivity contribution is 6.30. The number of hydrogen-bond acceptors (Lipinski definition) is 6. The molecule has 0 bridgehead atoms. The Morgan fingerprint density at radius 3 is 2.53 bits per heavy atom. The highest BCUT2D eigenvalue weighted by atomic mass is 35.5. The summed E-state index contributed by atoms with van der Waals surface area (Å²) in [6, 6.07) is 9.20. The second-order valence-electron chi connectivity index (χ2n) is 9.44. The minimum Gasteiger partial charge on any atom is -0.444 e. The van der Waals surface area contributed by atoms with E-state index in [4.69, 9.17) is 16.3 Å². The highest BCUT2D eigenvalue weighted by Gasteiger charge is 2.44. The van der Waals surface area contributed by atoms with Gasteiger partial charge in [0, 0.05) is 30.9 Å². The van der Waals surface area contributed by atoms with Crippen molar-refractivity contribution in [3.05, 3.63) is 53.4 Å². The first-order valence-electron chi connectivity index (χ1n) is 11.2. The van der Waals surface area contributed by atoms with E-state index in [1.165, 1.54) is 6.33 Å². The van der Waals surface area contributed by atoms with Gasteiger partial charge in [0.25, 0.3) is 0 Å². The van der Waals surface area contributed by atoms with E-state index in [-0.39, 0.29) is 5.91 Å². The van der Waals surface area contributed by atoms with Crippen LogP contribution in [0, 0.1) is 0 Å². The van der Waals surface area contributed by atoms with Crippen LogP contribution in [0.3, 0.4) is 0 Å². The maximum atomic E-state index is 13.4. The van der Waals surface area contributed by atoms with Gasteiger partial charge < -0.3 is 25.3 Å². The summed E-state index contributed by atoms with van der Waals surface area (Å²) in [5, 5.41) is 7.40. The summed E-state index contributed by atoms with van der Waals surface area (Å²) >= 11 is 5.96. The lowest BCUT2D eigenvalue weighted by molar-refractivity contribution is -0.128. The van der Waals surface area contributed by atoms with Gasteiger partial charge in [-0.25, -0.2) is 14.8 Å². The van der Waals surface area contributed by atoms with E-state index in [0.29, 0.717) is 37.5 Å². The van der Waals surface area contributed by atoms with Crippen LogP contribution in [0.25, 0.3) is 11.0 Å². The molecule has 34 heavy (non-hydrogen) atoms. The fraction of sp³-hybridized carbons (Fsp3) is 0.417. The van der Waals surface area contributed by atoms with E-state index in [9.17, 15) is 9.59 Å². The third-order valence-electron chi connectivity index (χ3n) is 5.79. The largest absolute Gasteiger partial charge is 0.444 e. The molecule has 0 spiro atoms. The average Bonchev–Trinajstić information content (AvgIpc) is 3.27. The zero-order valence-corrected chi connectivity index (χ0v) is 20.3. The molecule has 1 aromatic carbocycles. The normalized spacial score (nSPS) is 15.7. The van der Waals surface area contributed by atoms with E-state index in [1.807, 2.05) is 24.4 Å². The minimum atomic E-state index is -1.10. The summed E-state index contributed by atoms with van der Waals surface area (Å²) < 4.78 is 5.47. The summed E-state index contributed by atoms with van der Waals surface area (Å²) in [4.78, 5) is 40.0. The van der Waals surface area contributed by atoms with Gasteiger partial charge in [-0.15, -0.1) is 0 Å². The third kappa shape index (κ3) is 5.41. The summed E-state index contributed by atoms with van der Waals surface area (Å²) in [5.41, 5.74) is -0.102. The summed E-state index contributed by atoms with van der Waals surface area (Å²) in [7, 11) is 0. The molecule has 180 valence electrons. The second-order valence-corrected chi connectivity index (χ2v) is 9.88. The zero-order valence-electron chi connectivity index (χ0n) is 19.5. The van der Waals surface area contributed by atoms with Crippen molar-refractivity contribution < 1.29 is 14.3 Å². The molecule has 1 aliphatic rings. The molecule has 2 aromatic heterocycles. The van der Waals surface area contributed by atoms with Gasteiger partial charge in [-0.3, -0.25) is 4.79 Å². The molecule has 1 aliphatic heterocycles. The van der Waals surface area contributed by atoms with Crippen LogP contribution >= 0.6 is 11.6 Å². The van der Waals surface area contributed by atoms with E-state index >= 15 is 0 Å². The van der Waals surface area contributed by atoms with E-state index < -0.39 is 17.2 Å². The first-order chi connectivity index (χ1) is 16.2. The highest BCUT2D eigenvalue weighted by Crippen LogP contribution is 2.30. The summed E-state index contributed by atoms with van der Waals surface area (Å²) in [6.07, 6.45) is 3.53. The third-order valence-corrected chi connectivity index (χ3v) is 6.04. The van der Waals surface area contributed by atoms with E-state index in [2.05, 4.69) is 30.5 Å². The molecule has 9 nitrogen and oxygen atoms in total. The SMILES string of the molecule is CC(C)(C)OC(=O)NC1(C(=O)NCc2ccc(Cl)cc2)CCN(c2ncnc3[nH]ccc23)CC1. The second kappa shape index (κ2) is 9.50. The number of ether oxygens (including phenoxy) is 1. The molecular formula is C24H29ClN6O3. The van der Waals surface area contributed by atoms with Crippen LogP contribution in [0.5, 0.6) is 0 Å². The van der Waals surface area contributed by atoms with Crippen LogP contribution in [-0.2, 0) is 16.1 Å². The van der Waals surface area contributed by atoms with Crippen molar-refractivity contribution in [1.82, 2.24) is 25.6 Å². The number of rotatable bonds is 5. The number of nitrogens with zero attached hydrogens (tertiary/aromatic N) is 3. The van der Waals surface area contributed by atoms with Gasteiger partial charge in [-0.05, 0) is 57.4 Å². The number of hydrogen-bond donors (Lipinski definition) is 3.